The van der Waals surface area contributed by atoms with E-state index in [1.165, 1.54) is 6.42 Å². The van der Waals surface area contributed by atoms with E-state index in [-0.39, 0.29) is 12.1 Å². The minimum Gasteiger partial charge on any atom is -0.458 e. The molecule has 20 heavy (non-hydrogen) atoms. The first kappa shape index (κ1) is 15.5. The summed E-state index contributed by atoms with van der Waals surface area (Å²) in [5, 5.41) is 0. The first-order valence-electron chi connectivity index (χ1n) is 7.30. The fourth-order valence-corrected chi connectivity index (χ4v) is 3.40. The topological polar surface area (TPSA) is 39.2 Å². The summed E-state index contributed by atoms with van der Waals surface area (Å²) in [6.07, 6.45) is 5.02. The summed E-state index contributed by atoms with van der Waals surface area (Å²) in [6.45, 7) is 6.65. The maximum atomic E-state index is 12.3. The molecule has 1 aliphatic rings. The maximum Gasteiger partial charge on any atom is 0.341 e. The van der Waals surface area contributed by atoms with Gasteiger partial charge in [0.1, 0.15) is 10.7 Å². The van der Waals surface area contributed by atoms with Gasteiger partial charge < -0.3 is 4.74 Å². The van der Waals surface area contributed by atoms with Crippen molar-refractivity contribution in [1.29, 1.82) is 0 Å². The largest absolute Gasteiger partial charge is 0.458 e. The zero-order chi connectivity index (χ0) is 14.7. The van der Waals surface area contributed by atoms with Crippen LogP contribution in [-0.4, -0.2) is 17.1 Å². The lowest BCUT2D eigenvalue weighted by atomic mass is 9.75. The lowest BCUT2D eigenvalue weighted by Gasteiger charge is -2.36. The fraction of sp³-hybridized carbons (Fsp3) is 0.625. The van der Waals surface area contributed by atoms with Crippen LogP contribution in [0, 0.1) is 17.8 Å². The molecule has 0 N–H and O–H groups in total. The molecule has 2 rings (SSSR count). The summed E-state index contributed by atoms with van der Waals surface area (Å²) in [6, 6.07) is 3.50. The van der Waals surface area contributed by atoms with E-state index in [9.17, 15) is 4.79 Å². The lowest BCUT2D eigenvalue weighted by molar-refractivity contribution is -0.0175. The average Bonchev–Trinajstić information content (AvgIpc) is 2.38. The van der Waals surface area contributed by atoms with E-state index in [1.807, 2.05) is 0 Å². The number of rotatable bonds is 3. The van der Waals surface area contributed by atoms with Gasteiger partial charge in [0.05, 0.1) is 5.56 Å². The molecule has 1 aliphatic carbocycles. The van der Waals surface area contributed by atoms with E-state index in [4.69, 9.17) is 4.74 Å². The Morgan fingerprint density at radius 2 is 2.20 bits per heavy atom. The Bertz CT molecular complexity index is 475. The third-order valence-electron chi connectivity index (χ3n) is 4.20. The molecule has 1 saturated carbocycles. The zero-order valence-electron chi connectivity index (χ0n) is 12.3. The first-order chi connectivity index (χ1) is 9.49. The predicted octanol–water partition coefficient (Wildman–Crippen LogP) is 4.46. The molecular formula is C16H22BrNO2. The highest BCUT2D eigenvalue weighted by Crippen LogP contribution is 2.35. The van der Waals surface area contributed by atoms with Gasteiger partial charge in [0, 0.05) is 6.20 Å². The molecule has 0 aliphatic heterocycles. The number of carbonyl (C=O) groups excluding carboxylic acids is 1. The number of aromatic nitrogens is 1. The molecule has 0 amide bonds. The lowest BCUT2D eigenvalue weighted by Crippen LogP contribution is -2.36. The molecule has 4 heteroatoms. The van der Waals surface area contributed by atoms with Gasteiger partial charge in [0.2, 0.25) is 0 Å². The summed E-state index contributed by atoms with van der Waals surface area (Å²) in [5.74, 6) is 1.36. The van der Waals surface area contributed by atoms with Gasteiger partial charge >= 0.3 is 5.97 Å². The summed E-state index contributed by atoms with van der Waals surface area (Å²) >= 11 is 3.31. The van der Waals surface area contributed by atoms with Crippen LogP contribution in [0.3, 0.4) is 0 Å². The molecule has 3 nitrogen and oxygen atoms in total. The van der Waals surface area contributed by atoms with Crippen molar-refractivity contribution >= 4 is 21.9 Å². The van der Waals surface area contributed by atoms with Crippen molar-refractivity contribution < 1.29 is 9.53 Å². The summed E-state index contributed by atoms with van der Waals surface area (Å²) in [4.78, 5) is 16.4. The van der Waals surface area contributed by atoms with Crippen LogP contribution in [0.2, 0.25) is 0 Å². The van der Waals surface area contributed by atoms with Crippen molar-refractivity contribution in [2.45, 2.75) is 46.1 Å². The van der Waals surface area contributed by atoms with Crippen molar-refractivity contribution in [2.75, 3.05) is 0 Å². The van der Waals surface area contributed by atoms with Gasteiger partial charge in [-0.1, -0.05) is 27.2 Å². The maximum absolute atomic E-state index is 12.3. The highest BCUT2D eigenvalue weighted by atomic mass is 79.9. The minimum absolute atomic E-state index is 0.0263. The van der Waals surface area contributed by atoms with E-state index >= 15 is 0 Å². The Hall–Kier alpha value is -0.900. The van der Waals surface area contributed by atoms with Gasteiger partial charge in [-0.05, 0) is 58.7 Å². The summed E-state index contributed by atoms with van der Waals surface area (Å²) < 4.78 is 6.34. The SMILES string of the molecule is CC1CCC(C(C)C)C(OC(=O)c2cccnc2Br)C1. The third kappa shape index (κ3) is 3.60. The summed E-state index contributed by atoms with van der Waals surface area (Å²) in [7, 11) is 0. The summed E-state index contributed by atoms with van der Waals surface area (Å²) in [5.41, 5.74) is 0.508. The first-order valence-corrected chi connectivity index (χ1v) is 8.09. The number of hydrogen-bond acceptors (Lipinski definition) is 3. The van der Waals surface area contributed by atoms with Crippen molar-refractivity contribution in [1.82, 2.24) is 4.98 Å². The highest BCUT2D eigenvalue weighted by molar-refractivity contribution is 9.10. The van der Waals surface area contributed by atoms with Crippen LogP contribution in [0.25, 0.3) is 0 Å². The quantitative estimate of drug-likeness (QED) is 0.602. The van der Waals surface area contributed by atoms with Crippen LogP contribution in [0.1, 0.15) is 50.4 Å². The second kappa shape index (κ2) is 6.70. The van der Waals surface area contributed by atoms with Gasteiger partial charge in [-0.2, -0.15) is 0 Å². The van der Waals surface area contributed by atoms with Crippen molar-refractivity contribution in [3.63, 3.8) is 0 Å². The van der Waals surface area contributed by atoms with Gasteiger partial charge in [-0.15, -0.1) is 0 Å². The van der Waals surface area contributed by atoms with Crippen LogP contribution in [0.5, 0.6) is 0 Å². The van der Waals surface area contributed by atoms with Crippen LogP contribution in [0.4, 0.5) is 0 Å². The van der Waals surface area contributed by atoms with Gasteiger partial charge in [-0.25, -0.2) is 9.78 Å². The highest BCUT2D eigenvalue weighted by Gasteiger charge is 2.33. The number of esters is 1. The molecule has 3 atom stereocenters. The van der Waals surface area contributed by atoms with E-state index in [0.717, 1.165) is 12.8 Å². The molecule has 1 heterocycles. The Kier molecular flexibility index (Phi) is 5.19. The Morgan fingerprint density at radius 1 is 1.45 bits per heavy atom. The van der Waals surface area contributed by atoms with E-state index in [0.29, 0.717) is 27.9 Å². The molecule has 0 spiro atoms. The smallest absolute Gasteiger partial charge is 0.341 e. The van der Waals surface area contributed by atoms with Crippen LogP contribution < -0.4 is 0 Å². The number of ether oxygens (including phenoxy) is 1. The van der Waals surface area contributed by atoms with Crippen LogP contribution in [-0.2, 0) is 4.74 Å². The van der Waals surface area contributed by atoms with E-state index < -0.39 is 0 Å². The predicted molar refractivity (Wildman–Crippen MR) is 82.5 cm³/mol. The molecule has 3 unspecified atom stereocenters. The molecule has 1 aromatic rings. The number of halogens is 1. The number of nitrogens with zero attached hydrogens (tertiary/aromatic N) is 1. The van der Waals surface area contributed by atoms with Crippen molar-refractivity contribution in [3.8, 4) is 0 Å². The Balaban J connectivity index is 2.10. The molecule has 0 aromatic carbocycles. The molecule has 0 saturated heterocycles. The fourth-order valence-electron chi connectivity index (χ4n) is 2.99. The van der Waals surface area contributed by atoms with Crippen molar-refractivity contribution in [3.05, 3.63) is 28.5 Å². The van der Waals surface area contributed by atoms with Crippen LogP contribution >= 0.6 is 15.9 Å². The molecular weight excluding hydrogens is 318 g/mol. The van der Waals surface area contributed by atoms with Gasteiger partial charge in [-0.3, -0.25) is 0 Å². The van der Waals surface area contributed by atoms with Crippen LogP contribution in [0.15, 0.2) is 22.9 Å². The van der Waals surface area contributed by atoms with E-state index in [1.54, 1.807) is 18.3 Å². The van der Waals surface area contributed by atoms with Gasteiger partial charge in [0.25, 0.3) is 0 Å². The Morgan fingerprint density at radius 3 is 2.85 bits per heavy atom. The van der Waals surface area contributed by atoms with Gasteiger partial charge in [0.15, 0.2) is 0 Å². The number of carbonyl (C=O) groups is 1. The zero-order valence-corrected chi connectivity index (χ0v) is 13.9. The molecule has 0 bridgehead atoms. The number of pyridine rings is 1. The normalized spacial score (nSPS) is 26.6. The van der Waals surface area contributed by atoms with E-state index in [2.05, 4.69) is 41.7 Å². The molecule has 1 fully saturated rings. The molecule has 1 aromatic heterocycles. The Labute approximate surface area is 129 Å². The standard InChI is InChI=1S/C16H22BrNO2/c1-10(2)12-7-6-11(3)9-14(12)20-16(19)13-5-4-8-18-15(13)17/h4-5,8,10-12,14H,6-7,9H2,1-3H3. The number of hydrogen-bond donors (Lipinski definition) is 0. The monoisotopic (exact) mass is 339 g/mol. The third-order valence-corrected chi connectivity index (χ3v) is 4.83. The molecule has 0 radical (unpaired) electrons. The minimum atomic E-state index is -0.269. The molecule has 110 valence electrons. The van der Waals surface area contributed by atoms with Crippen molar-refractivity contribution in [2.24, 2.45) is 17.8 Å². The average molecular weight is 340 g/mol. The second-order valence-corrected chi connectivity index (χ2v) is 6.86. The second-order valence-electron chi connectivity index (χ2n) is 6.11.